The van der Waals surface area contributed by atoms with E-state index in [0.717, 1.165) is 42.9 Å². The van der Waals surface area contributed by atoms with E-state index in [0.29, 0.717) is 22.9 Å². The van der Waals surface area contributed by atoms with E-state index >= 15 is 0 Å². The van der Waals surface area contributed by atoms with Crippen LogP contribution in [-0.2, 0) is 4.79 Å². The molecule has 0 radical (unpaired) electrons. The van der Waals surface area contributed by atoms with Crippen LogP contribution in [0.2, 0.25) is 0 Å². The molecule has 1 spiro atoms. The van der Waals surface area contributed by atoms with Crippen molar-refractivity contribution in [1.82, 2.24) is 5.32 Å². The number of carbonyl (C=O) groups excluding carboxylic acids is 1. The first kappa shape index (κ1) is 16.1. The number of aliphatic imine (C=N–C) groups is 1. The lowest BCUT2D eigenvalue weighted by molar-refractivity contribution is -0.110. The van der Waals surface area contributed by atoms with Crippen molar-refractivity contribution in [2.24, 2.45) is 39.5 Å². The number of carbonyl (C=O) groups is 1. The Morgan fingerprint density at radius 2 is 2.00 bits per heavy atom. The van der Waals surface area contributed by atoms with Crippen molar-refractivity contribution in [2.45, 2.75) is 77.3 Å². The molecule has 1 amide bonds. The van der Waals surface area contributed by atoms with Gasteiger partial charge >= 0.3 is 0 Å². The number of rotatable bonds is 2. The summed E-state index contributed by atoms with van der Waals surface area (Å²) in [5.41, 5.74) is 2.47. The SMILES string of the molecule is C[C@@H]1N=C[C@]23CC[C@@H]4[C@@H](CC=C5C[C@@H](NC=O)CC[C@@]54C)[C@@H]2CC[C@H]13. The summed E-state index contributed by atoms with van der Waals surface area (Å²) >= 11 is 0. The highest BCUT2D eigenvalue weighted by molar-refractivity contribution is 5.71. The predicted molar refractivity (Wildman–Crippen MR) is 100 cm³/mol. The largest absolute Gasteiger partial charge is 0.356 e. The number of fused-ring (bicyclic) bond motifs is 4. The van der Waals surface area contributed by atoms with Gasteiger partial charge in [-0.3, -0.25) is 9.79 Å². The average molecular weight is 341 g/mol. The van der Waals surface area contributed by atoms with E-state index in [9.17, 15) is 4.79 Å². The lowest BCUT2D eigenvalue weighted by atomic mass is 9.47. The topological polar surface area (TPSA) is 41.5 Å². The molecule has 25 heavy (non-hydrogen) atoms. The lowest BCUT2D eigenvalue weighted by Gasteiger charge is -2.57. The summed E-state index contributed by atoms with van der Waals surface area (Å²) in [6, 6.07) is 0.915. The third-order valence-electron chi connectivity index (χ3n) is 9.19. The van der Waals surface area contributed by atoms with Crippen LogP contribution in [0.5, 0.6) is 0 Å². The molecule has 8 atom stereocenters. The molecule has 3 nitrogen and oxygen atoms in total. The van der Waals surface area contributed by atoms with Gasteiger partial charge in [0.05, 0.1) is 6.04 Å². The second kappa shape index (κ2) is 5.44. The highest BCUT2D eigenvalue weighted by Gasteiger charge is 2.62. The molecule has 0 aromatic carbocycles. The molecular weight excluding hydrogens is 308 g/mol. The zero-order valence-electron chi connectivity index (χ0n) is 15.7. The molecule has 3 fully saturated rings. The van der Waals surface area contributed by atoms with Gasteiger partial charge < -0.3 is 5.32 Å². The molecule has 0 bridgehead atoms. The van der Waals surface area contributed by atoms with Crippen LogP contribution in [-0.4, -0.2) is 24.7 Å². The predicted octanol–water partition coefficient (Wildman–Crippen LogP) is 4.13. The molecule has 3 heteroatoms. The highest BCUT2D eigenvalue weighted by Crippen LogP contribution is 2.67. The van der Waals surface area contributed by atoms with Crippen molar-refractivity contribution >= 4 is 12.6 Å². The van der Waals surface area contributed by atoms with E-state index in [1.807, 2.05) is 0 Å². The maximum Gasteiger partial charge on any atom is 0.207 e. The minimum atomic E-state index is 0.363. The number of amides is 1. The lowest BCUT2D eigenvalue weighted by Crippen LogP contribution is -2.52. The summed E-state index contributed by atoms with van der Waals surface area (Å²) in [7, 11) is 0. The fourth-order valence-electron chi connectivity index (χ4n) is 7.97. The second-order valence-electron chi connectivity index (χ2n) is 9.84. The Labute approximate surface area is 151 Å². The third kappa shape index (κ3) is 2.04. The van der Waals surface area contributed by atoms with Crippen molar-refractivity contribution in [2.75, 3.05) is 0 Å². The van der Waals surface area contributed by atoms with Crippen LogP contribution in [0.3, 0.4) is 0 Å². The standard InChI is InChI=1S/C22H32N2O/c1-14-18-5-6-20-17-4-3-15-11-16(24-13-25)7-9-21(15,2)19(17)8-10-22(18,20)12-23-14/h3,12-14,16-20H,4-11H2,1-2H3,(H,24,25)/t14-,16-,17+,18+,19+,20-,21-,22-/m0/s1. The van der Waals surface area contributed by atoms with E-state index in [-0.39, 0.29) is 0 Å². The Bertz CT molecular complexity index is 640. The molecule has 1 heterocycles. The van der Waals surface area contributed by atoms with Gasteiger partial charge in [0, 0.05) is 17.7 Å². The van der Waals surface area contributed by atoms with Gasteiger partial charge in [0.2, 0.25) is 6.41 Å². The highest BCUT2D eigenvalue weighted by atomic mass is 16.1. The van der Waals surface area contributed by atoms with Gasteiger partial charge in [0.15, 0.2) is 0 Å². The van der Waals surface area contributed by atoms with Crippen LogP contribution in [0.25, 0.3) is 0 Å². The van der Waals surface area contributed by atoms with Crippen molar-refractivity contribution in [3.8, 4) is 0 Å². The Morgan fingerprint density at radius 1 is 1.16 bits per heavy atom. The maximum atomic E-state index is 10.9. The molecular formula is C22H32N2O. The summed E-state index contributed by atoms with van der Waals surface area (Å²) in [4.78, 5) is 15.7. The molecule has 1 aliphatic heterocycles. The molecule has 5 aliphatic rings. The fraction of sp³-hybridized carbons (Fsp3) is 0.818. The second-order valence-corrected chi connectivity index (χ2v) is 9.84. The summed E-state index contributed by atoms with van der Waals surface area (Å²) < 4.78 is 0. The Hall–Kier alpha value is -1.12. The minimum Gasteiger partial charge on any atom is -0.356 e. The van der Waals surface area contributed by atoms with Crippen molar-refractivity contribution in [1.29, 1.82) is 0 Å². The van der Waals surface area contributed by atoms with E-state index in [1.165, 1.54) is 38.5 Å². The Kier molecular flexibility index (Phi) is 3.50. The summed E-state index contributed by atoms with van der Waals surface area (Å²) in [5, 5.41) is 3.04. The number of hydrogen-bond donors (Lipinski definition) is 1. The summed E-state index contributed by atoms with van der Waals surface area (Å²) in [5.74, 6) is 3.40. The van der Waals surface area contributed by atoms with E-state index in [2.05, 4.69) is 31.5 Å². The van der Waals surface area contributed by atoms with Crippen LogP contribution in [0.1, 0.15) is 65.2 Å². The quantitative estimate of drug-likeness (QED) is 0.596. The Morgan fingerprint density at radius 3 is 2.84 bits per heavy atom. The summed E-state index contributed by atoms with van der Waals surface area (Å²) in [6.45, 7) is 4.88. The molecule has 5 rings (SSSR count). The normalized spacial score (nSPS) is 53.3. The fourth-order valence-corrected chi connectivity index (χ4v) is 7.97. The molecule has 136 valence electrons. The van der Waals surface area contributed by atoms with Gasteiger partial charge in [0.1, 0.15) is 0 Å². The van der Waals surface area contributed by atoms with Crippen LogP contribution in [0.15, 0.2) is 16.6 Å². The number of allylic oxidation sites excluding steroid dienone is 1. The van der Waals surface area contributed by atoms with E-state index < -0.39 is 0 Å². The van der Waals surface area contributed by atoms with Gasteiger partial charge in [-0.25, -0.2) is 0 Å². The van der Waals surface area contributed by atoms with Crippen LogP contribution in [0.4, 0.5) is 0 Å². The molecule has 0 aromatic heterocycles. The molecule has 0 unspecified atom stereocenters. The molecule has 1 N–H and O–H groups in total. The number of nitrogens with one attached hydrogen (secondary N) is 1. The third-order valence-corrected chi connectivity index (χ3v) is 9.19. The van der Waals surface area contributed by atoms with Gasteiger partial charge in [-0.15, -0.1) is 0 Å². The van der Waals surface area contributed by atoms with Crippen molar-refractivity contribution in [3.63, 3.8) is 0 Å². The maximum absolute atomic E-state index is 10.9. The first-order chi connectivity index (χ1) is 12.1. The van der Waals surface area contributed by atoms with Gasteiger partial charge in [-0.1, -0.05) is 18.6 Å². The summed E-state index contributed by atoms with van der Waals surface area (Å²) in [6.07, 6.45) is 16.2. The number of nitrogens with zero attached hydrogens (tertiary/aromatic N) is 1. The minimum absolute atomic E-state index is 0.363. The zero-order chi connectivity index (χ0) is 17.2. The first-order valence-corrected chi connectivity index (χ1v) is 10.5. The number of hydrogen-bond acceptors (Lipinski definition) is 2. The first-order valence-electron chi connectivity index (χ1n) is 10.5. The molecule has 0 aromatic rings. The molecule has 3 saturated carbocycles. The molecule has 0 saturated heterocycles. The van der Waals surface area contributed by atoms with E-state index in [4.69, 9.17) is 4.99 Å². The monoisotopic (exact) mass is 340 g/mol. The Balaban J connectivity index is 1.45. The van der Waals surface area contributed by atoms with Crippen molar-refractivity contribution in [3.05, 3.63) is 11.6 Å². The van der Waals surface area contributed by atoms with Crippen LogP contribution < -0.4 is 5.32 Å². The van der Waals surface area contributed by atoms with E-state index in [1.54, 1.807) is 5.57 Å². The van der Waals surface area contributed by atoms with Crippen molar-refractivity contribution < 1.29 is 4.79 Å². The van der Waals surface area contributed by atoms with Gasteiger partial charge in [0.25, 0.3) is 0 Å². The smallest absolute Gasteiger partial charge is 0.207 e. The van der Waals surface area contributed by atoms with Gasteiger partial charge in [-0.05, 0) is 87.4 Å². The molecule has 4 aliphatic carbocycles. The van der Waals surface area contributed by atoms with Crippen LogP contribution >= 0.6 is 0 Å². The zero-order valence-corrected chi connectivity index (χ0v) is 15.7. The average Bonchev–Trinajstić information content (AvgIpc) is 3.13. The van der Waals surface area contributed by atoms with Crippen LogP contribution in [0, 0.1) is 34.5 Å². The van der Waals surface area contributed by atoms with Gasteiger partial charge in [-0.2, -0.15) is 0 Å².